The van der Waals surface area contributed by atoms with Crippen molar-refractivity contribution in [1.82, 2.24) is 15.6 Å². The molecule has 4 fully saturated rings. The molecule has 5 rings (SSSR count). The van der Waals surface area contributed by atoms with Crippen molar-refractivity contribution in [3.63, 3.8) is 0 Å². The lowest BCUT2D eigenvalue weighted by atomic mass is 9.53. The molecule has 4 aliphatic rings. The summed E-state index contributed by atoms with van der Waals surface area (Å²) in [6.45, 7) is 4.80. The van der Waals surface area contributed by atoms with Crippen LogP contribution in [0.15, 0.2) is 11.1 Å². The van der Waals surface area contributed by atoms with Crippen LogP contribution in [0, 0.1) is 36.0 Å². The quantitative estimate of drug-likeness (QED) is 0.533. The number of hydrogen-bond acceptors (Lipinski definition) is 6. The number of carbonyl (C=O) groups excluding carboxylic acids is 3. The summed E-state index contributed by atoms with van der Waals surface area (Å²) < 4.78 is 0. The van der Waals surface area contributed by atoms with Gasteiger partial charge in [-0.2, -0.15) is 5.26 Å². The molecule has 3 amide bonds. The highest BCUT2D eigenvalue weighted by Gasteiger charge is 2.51. The van der Waals surface area contributed by atoms with Crippen LogP contribution in [0.25, 0.3) is 0 Å². The molecule has 8 heteroatoms. The van der Waals surface area contributed by atoms with Gasteiger partial charge >= 0.3 is 6.03 Å². The summed E-state index contributed by atoms with van der Waals surface area (Å²) in [5, 5.41) is 14.8. The zero-order valence-corrected chi connectivity index (χ0v) is 19.0. The van der Waals surface area contributed by atoms with E-state index < -0.39 is 17.2 Å². The number of rotatable bonds is 5. The van der Waals surface area contributed by atoms with Crippen molar-refractivity contribution in [3.8, 4) is 6.07 Å². The van der Waals surface area contributed by atoms with Gasteiger partial charge in [0.1, 0.15) is 11.1 Å². The number of urea groups is 1. The molecule has 1 aromatic rings. The van der Waals surface area contributed by atoms with Gasteiger partial charge in [-0.05, 0) is 83.1 Å². The maximum atomic E-state index is 12.6. The highest BCUT2D eigenvalue weighted by atomic mass is 32.2. The number of hydrogen-bond donors (Lipinski definition) is 2. The topological polar surface area (TPSA) is 112 Å². The SMILES string of the molecule is CC(=O)c1cc(C#N)c(S[C@H](C)C(=O)NC(=O)NC23CC4CC(CC(C4)C2)C3)nc1C. The zero-order valence-electron chi connectivity index (χ0n) is 18.2. The van der Waals surface area contributed by atoms with E-state index in [1.165, 1.54) is 32.3 Å². The van der Waals surface area contributed by atoms with Gasteiger partial charge in [0.05, 0.1) is 10.8 Å². The number of Topliss-reactive ketones (excluding diaryl/α,β-unsaturated/α-hetero) is 1. The van der Waals surface area contributed by atoms with Gasteiger partial charge in [-0.25, -0.2) is 9.78 Å². The van der Waals surface area contributed by atoms with Gasteiger partial charge in [0, 0.05) is 16.8 Å². The zero-order chi connectivity index (χ0) is 22.3. The lowest BCUT2D eigenvalue weighted by Gasteiger charge is -2.56. The molecule has 4 aliphatic carbocycles. The number of amides is 3. The number of nitrogens with zero attached hydrogens (tertiary/aromatic N) is 2. The molecule has 7 nitrogen and oxygen atoms in total. The third kappa shape index (κ3) is 4.47. The monoisotopic (exact) mass is 440 g/mol. The van der Waals surface area contributed by atoms with Gasteiger partial charge in [0.25, 0.3) is 0 Å². The van der Waals surface area contributed by atoms with Crippen molar-refractivity contribution >= 4 is 29.5 Å². The molecule has 2 N–H and O–H groups in total. The normalized spacial score (nSPS) is 29.2. The van der Waals surface area contributed by atoms with E-state index in [1.807, 2.05) is 6.07 Å². The number of nitrogens with one attached hydrogen (secondary N) is 2. The van der Waals surface area contributed by atoms with E-state index in [-0.39, 0.29) is 16.9 Å². The Morgan fingerprint density at radius 3 is 2.29 bits per heavy atom. The van der Waals surface area contributed by atoms with E-state index in [4.69, 9.17) is 0 Å². The van der Waals surface area contributed by atoms with Gasteiger partial charge in [0.15, 0.2) is 5.78 Å². The number of nitriles is 1. The fraction of sp³-hybridized carbons (Fsp3) is 0.609. The molecule has 4 bridgehead atoms. The van der Waals surface area contributed by atoms with Crippen molar-refractivity contribution < 1.29 is 14.4 Å². The van der Waals surface area contributed by atoms with Crippen LogP contribution in [-0.4, -0.2) is 33.5 Å². The number of carbonyl (C=O) groups is 3. The van der Waals surface area contributed by atoms with E-state index in [0.717, 1.165) is 31.0 Å². The first-order valence-electron chi connectivity index (χ1n) is 10.9. The van der Waals surface area contributed by atoms with Crippen LogP contribution < -0.4 is 10.6 Å². The highest BCUT2D eigenvalue weighted by molar-refractivity contribution is 8.00. The molecule has 0 unspecified atom stereocenters. The molecule has 0 radical (unpaired) electrons. The van der Waals surface area contributed by atoms with Crippen molar-refractivity contribution in [1.29, 1.82) is 5.26 Å². The number of imide groups is 1. The Balaban J connectivity index is 1.38. The number of thioether (sulfide) groups is 1. The van der Waals surface area contributed by atoms with Gasteiger partial charge in [-0.15, -0.1) is 0 Å². The summed E-state index contributed by atoms with van der Waals surface area (Å²) in [6.07, 6.45) is 6.90. The fourth-order valence-electron chi connectivity index (χ4n) is 6.08. The molecule has 0 aromatic carbocycles. The lowest BCUT2D eigenvalue weighted by molar-refractivity contribution is -0.119. The molecule has 1 heterocycles. The Bertz CT molecular complexity index is 948. The predicted octanol–water partition coefficient (Wildman–Crippen LogP) is 3.74. The minimum Gasteiger partial charge on any atom is -0.332 e. The first kappa shape index (κ1) is 21.8. The molecule has 1 atom stereocenters. The van der Waals surface area contributed by atoms with Crippen molar-refractivity contribution in [3.05, 3.63) is 22.9 Å². The number of aryl methyl sites for hydroxylation is 1. The van der Waals surface area contributed by atoms with E-state index >= 15 is 0 Å². The largest absolute Gasteiger partial charge is 0.332 e. The third-order valence-electron chi connectivity index (χ3n) is 6.99. The fourth-order valence-corrected chi connectivity index (χ4v) is 7.00. The van der Waals surface area contributed by atoms with Crippen LogP contribution in [0.4, 0.5) is 4.79 Å². The van der Waals surface area contributed by atoms with Crippen LogP contribution in [-0.2, 0) is 4.79 Å². The Labute approximate surface area is 186 Å². The van der Waals surface area contributed by atoms with Crippen molar-refractivity contribution in [2.75, 3.05) is 0 Å². The van der Waals surface area contributed by atoms with Crippen LogP contribution in [0.2, 0.25) is 0 Å². The Hall–Kier alpha value is -2.40. The maximum absolute atomic E-state index is 12.6. The molecule has 0 aliphatic heterocycles. The summed E-state index contributed by atoms with van der Waals surface area (Å²) in [5.74, 6) is 1.52. The standard InChI is InChI=1S/C23H28N4O3S/c1-12-19(13(2)28)7-18(11-24)21(25-12)31-14(3)20(29)26-22(30)27-23-8-15-4-16(9-23)6-17(5-15)10-23/h7,14-17H,4-6,8-10H2,1-3H3,(H2,26,27,29,30)/t14-,15?,16?,17?,23?/m1/s1. The minimum absolute atomic E-state index is 0.162. The Morgan fingerprint density at radius 1 is 1.19 bits per heavy atom. The molecule has 0 spiro atoms. The van der Waals surface area contributed by atoms with Gasteiger partial charge in [-0.1, -0.05) is 11.8 Å². The smallest absolute Gasteiger partial charge is 0.321 e. The van der Waals surface area contributed by atoms with E-state index in [2.05, 4.69) is 15.6 Å². The van der Waals surface area contributed by atoms with E-state index in [0.29, 0.717) is 34.0 Å². The molecule has 164 valence electrons. The second-order valence-electron chi connectivity index (χ2n) is 9.54. The summed E-state index contributed by atoms with van der Waals surface area (Å²) in [7, 11) is 0. The predicted molar refractivity (Wildman–Crippen MR) is 117 cm³/mol. The van der Waals surface area contributed by atoms with Crippen molar-refractivity contribution in [2.24, 2.45) is 17.8 Å². The average molecular weight is 441 g/mol. The van der Waals surface area contributed by atoms with Crippen LogP contribution >= 0.6 is 11.8 Å². The third-order valence-corrected chi connectivity index (χ3v) is 8.09. The van der Waals surface area contributed by atoms with Gasteiger partial charge in [0.2, 0.25) is 5.91 Å². The molecule has 31 heavy (non-hydrogen) atoms. The number of aromatic nitrogens is 1. The number of ketones is 1. The van der Waals surface area contributed by atoms with E-state index in [1.54, 1.807) is 13.8 Å². The van der Waals surface area contributed by atoms with Crippen LogP contribution in [0.5, 0.6) is 0 Å². The molecule has 4 saturated carbocycles. The minimum atomic E-state index is -0.621. The van der Waals surface area contributed by atoms with E-state index in [9.17, 15) is 19.6 Å². The summed E-state index contributed by atoms with van der Waals surface area (Å²) in [4.78, 5) is 41.3. The van der Waals surface area contributed by atoms with Crippen LogP contribution in [0.1, 0.15) is 74.0 Å². The lowest BCUT2D eigenvalue weighted by Crippen LogP contribution is -2.62. The second kappa shape index (κ2) is 8.27. The average Bonchev–Trinajstić information content (AvgIpc) is 2.66. The van der Waals surface area contributed by atoms with Gasteiger partial charge in [-0.3, -0.25) is 14.9 Å². The summed E-state index contributed by atoms with van der Waals surface area (Å²) >= 11 is 1.11. The van der Waals surface area contributed by atoms with Crippen LogP contribution in [0.3, 0.4) is 0 Å². The molecule has 1 aromatic heterocycles. The molecule has 0 saturated heterocycles. The second-order valence-corrected chi connectivity index (χ2v) is 10.9. The summed E-state index contributed by atoms with van der Waals surface area (Å²) in [6, 6.07) is 3.12. The van der Waals surface area contributed by atoms with Crippen molar-refractivity contribution in [2.45, 2.75) is 75.1 Å². The summed E-state index contributed by atoms with van der Waals surface area (Å²) in [5.41, 5.74) is 0.998. The molecular formula is C23H28N4O3S. The number of pyridine rings is 1. The van der Waals surface area contributed by atoms with Gasteiger partial charge < -0.3 is 5.32 Å². The maximum Gasteiger partial charge on any atom is 0.321 e. The first-order chi connectivity index (χ1) is 14.7. The Morgan fingerprint density at radius 2 is 1.77 bits per heavy atom. The first-order valence-corrected chi connectivity index (χ1v) is 11.8. The highest BCUT2D eigenvalue weighted by Crippen LogP contribution is 2.55. The Kier molecular flexibility index (Phi) is 5.82. The molecular weight excluding hydrogens is 412 g/mol.